The number of nitrogens with one attached hydrogen (secondary N) is 2. The summed E-state index contributed by atoms with van der Waals surface area (Å²) >= 11 is 12.1. The summed E-state index contributed by atoms with van der Waals surface area (Å²) in [6, 6.07) is 8.35. The molecule has 2 aromatic heterocycles. The van der Waals surface area contributed by atoms with Crippen molar-refractivity contribution in [1.82, 2.24) is 15.0 Å². The van der Waals surface area contributed by atoms with E-state index in [1.54, 1.807) is 12.1 Å². The molecule has 0 saturated carbocycles. The van der Waals surface area contributed by atoms with E-state index in [1.807, 2.05) is 19.1 Å². The first-order valence-electron chi connectivity index (χ1n) is 8.53. The number of pyridine rings is 1. The molecule has 0 bridgehead atoms. The summed E-state index contributed by atoms with van der Waals surface area (Å²) in [7, 11) is 0. The Morgan fingerprint density at radius 1 is 1.10 bits per heavy atom. The van der Waals surface area contributed by atoms with Gasteiger partial charge in [-0.1, -0.05) is 29.3 Å². The van der Waals surface area contributed by atoms with Crippen molar-refractivity contribution in [2.45, 2.75) is 6.92 Å². The van der Waals surface area contributed by atoms with E-state index in [-0.39, 0.29) is 10.7 Å². The molecule has 0 radical (unpaired) electrons. The molecule has 11 heteroatoms. The Labute approximate surface area is 176 Å². The summed E-state index contributed by atoms with van der Waals surface area (Å²) in [6.07, 6.45) is 1.30. The summed E-state index contributed by atoms with van der Waals surface area (Å²) in [5.74, 6) is 1.10. The van der Waals surface area contributed by atoms with Gasteiger partial charge >= 0.3 is 5.82 Å². The zero-order chi connectivity index (χ0) is 21.0. The summed E-state index contributed by atoms with van der Waals surface area (Å²) < 4.78 is 0. The van der Waals surface area contributed by atoms with Crippen LogP contribution in [0.15, 0.2) is 36.5 Å². The van der Waals surface area contributed by atoms with Gasteiger partial charge < -0.3 is 26.5 Å². The molecule has 0 atom stereocenters. The Kier molecular flexibility index (Phi) is 6.30. The fourth-order valence-corrected chi connectivity index (χ4v) is 2.99. The van der Waals surface area contributed by atoms with Gasteiger partial charge in [0.05, 0.1) is 5.02 Å². The number of aromatic nitrogens is 3. The maximum atomic E-state index is 11.3. The topological polar surface area (TPSA) is 132 Å². The van der Waals surface area contributed by atoms with Gasteiger partial charge in [-0.3, -0.25) is 0 Å². The van der Waals surface area contributed by atoms with Gasteiger partial charge in [-0.15, -0.1) is 0 Å². The number of rotatable bonds is 7. The van der Waals surface area contributed by atoms with Gasteiger partial charge in [-0.05, 0) is 46.7 Å². The SMILES string of the molecule is Cc1ccc(NCCNc2cnc([N+](=O)[O-])c(-c3ccc(Cl)cc3Cl)n2)nc1N. The highest BCUT2D eigenvalue weighted by Crippen LogP contribution is 2.34. The molecule has 0 spiro atoms. The Morgan fingerprint density at radius 2 is 1.83 bits per heavy atom. The highest BCUT2D eigenvalue weighted by atomic mass is 35.5. The second-order valence-corrected chi connectivity index (χ2v) is 6.90. The average Bonchev–Trinajstić information content (AvgIpc) is 2.67. The van der Waals surface area contributed by atoms with Gasteiger partial charge in [-0.2, -0.15) is 0 Å². The molecule has 0 amide bonds. The number of nitrogens with zero attached hydrogens (tertiary/aromatic N) is 4. The third kappa shape index (κ3) is 5.01. The van der Waals surface area contributed by atoms with Crippen molar-refractivity contribution in [3.8, 4) is 11.3 Å². The minimum atomic E-state index is -0.605. The van der Waals surface area contributed by atoms with E-state index in [2.05, 4.69) is 25.6 Å². The van der Waals surface area contributed by atoms with Crippen molar-refractivity contribution >= 4 is 46.5 Å². The van der Waals surface area contributed by atoms with Crippen LogP contribution in [-0.2, 0) is 0 Å². The summed E-state index contributed by atoms with van der Waals surface area (Å²) in [5.41, 5.74) is 7.12. The quantitative estimate of drug-likeness (QED) is 0.287. The maximum absolute atomic E-state index is 11.3. The number of hydrogen-bond acceptors (Lipinski definition) is 8. The number of nitrogens with two attached hydrogens (primary N) is 1. The lowest BCUT2D eigenvalue weighted by Gasteiger charge is -2.10. The summed E-state index contributed by atoms with van der Waals surface area (Å²) in [5, 5.41) is 18.2. The number of anilines is 3. The first-order chi connectivity index (χ1) is 13.8. The average molecular weight is 434 g/mol. The van der Waals surface area contributed by atoms with Crippen LogP contribution >= 0.6 is 23.2 Å². The van der Waals surface area contributed by atoms with E-state index in [0.717, 1.165) is 5.56 Å². The van der Waals surface area contributed by atoms with Crippen molar-refractivity contribution in [1.29, 1.82) is 0 Å². The number of nitro groups is 1. The Balaban J connectivity index is 1.73. The molecule has 9 nitrogen and oxygen atoms in total. The summed E-state index contributed by atoms with van der Waals surface area (Å²) in [4.78, 5) is 23.2. The second-order valence-electron chi connectivity index (χ2n) is 6.06. The van der Waals surface area contributed by atoms with E-state index in [0.29, 0.717) is 41.1 Å². The van der Waals surface area contributed by atoms with Crippen LogP contribution in [0, 0.1) is 17.0 Å². The van der Waals surface area contributed by atoms with E-state index in [1.165, 1.54) is 12.3 Å². The lowest BCUT2D eigenvalue weighted by Crippen LogP contribution is -2.16. The number of halogens is 2. The van der Waals surface area contributed by atoms with E-state index in [9.17, 15) is 10.1 Å². The van der Waals surface area contributed by atoms with Crippen LogP contribution in [0.3, 0.4) is 0 Å². The maximum Gasteiger partial charge on any atom is 0.390 e. The van der Waals surface area contributed by atoms with Crippen LogP contribution in [0.1, 0.15) is 5.56 Å². The monoisotopic (exact) mass is 433 g/mol. The first kappa shape index (κ1) is 20.6. The van der Waals surface area contributed by atoms with Gasteiger partial charge in [0.2, 0.25) is 0 Å². The minimum absolute atomic E-state index is 0.0580. The molecule has 4 N–H and O–H groups in total. The van der Waals surface area contributed by atoms with Crippen molar-refractivity contribution in [3.63, 3.8) is 0 Å². The molecule has 0 unspecified atom stereocenters. The van der Waals surface area contributed by atoms with E-state index >= 15 is 0 Å². The first-order valence-corrected chi connectivity index (χ1v) is 9.28. The minimum Gasteiger partial charge on any atom is -0.383 e. The Hall–Kier alpha value is -3.17. The predicted octanol–water partition coefficient (Wildman–Crippen LogP) is 4.17. The highest BCUT2D eigenvalue weighted by Gasteiger charge is 2.22. The third-order valence-electron chi connectivity index (χ3n) is 3.99. The van der Waals surface area contributed by atoms with Crippen LogP contribution in [0.25, 0.3) is 11.3 Å². The molecule has 0 aliphatic heterocycles. The third-order valence-corrected chi connectivity index (χ3v) is 4.53. The van der Waals surface area contributed by atoms with Gasteiger partial charge in [0.25, 0.3) is 0 Å². The molecular weight excluding hydrogens is 417 g/mol. The van der Waals surface area contributed by atoms with Crippen LogP contribution in [0.2, 0.25) is 10.0 Å². The lowest BCUT2D eigenvalue weighted by atomic mass is 10.1. The smallest absolute Gasteiger partial charge is 0.383 e. The normalized spacial score (nSPS) is 10.6. The van der Waals surface area contributed by atoms with Crippen LogP contribution < -0.4 is 16.4 Å². The molecule has 150 valence electrons. The zero-order valence-corrected chi connectivity index (χ0v) is 16.8. The lowest BCUT2D eigenvalue weighted by molar-refractivity contribution is -0.389. The standard InChI is InChI=1S/C18H17Cl2N7O2/c1-10-2-5-14(26-17(10)21)22-6-7-23-15-9-24-18(27(28)29)16(25-15)12-4-3-11(19)8-13(12)20/h2-5,8-9H,6-7H2,1H3,(H,23,25)(H3,21,22,26). The molecular formula is C18H17Cl2N7O2. The van der Waals surface area contributed by atoms with Crippen molar-refractivity contribution < 1.29 is 4.92 Å². The predicted molar refractivity (Wildman–Crippen MR) is 115 cm³/mol. The molecule has 2 heterocycles. The highest BCUT2D eigenvalue weighted by molar-refractivity contribution is 6.36. The fourth-order valence-electron chi connectivity index (χ4n) is 2.49. The molecule has 0 aliphatic rings. The molecule has 3 rings (SSSR count). The molecule has 1 aromatic carbocycles. The van der Waals surface area contributed by atoms with Crippen LogP contribution in [0.4, 0.5) is 23.3 Å². The van der Waals surface area contributed by atoms with Gasteiger partial charge in [0.1, 0.15) is 11.6 Å². The fraction of sp³-hybridized carbons (Fsp3) is 0.167. The van der Waals surface area contributed by atoms with Crippen LogP contribution in [0.5, 0.6) is 0 Å². The molecule has 0 fully saturated rings. The van der Waals surface area contributed by atoms with E-state index < -0.39 is 10.7 Å². The zero-order valence-electron chi connectivity index (χ0n) is 15.3. The van der Waals surface area contributed by atoms with Crippen LogP contribution in [-0.4, -0.2) is 33.0 Å². The number of nitrogen functional groups attached to an aromatic ring is 1. The Morgan fingerprint density at radius 3 is 2.48 bits per heavy atom. The van der Waals surface area contributed by atoms with Gasteiger partial charge in [0, 0.05) is 23.7 Å². The van der Waals surface area contributed by atoms with Crippen molar-refractivity contribution in [2.24, 2.45) is 0 Å². The summed E-state index contributed by atoms with van der Waals surface area (Å²) in [6.45, 7) is 2.87. The van der Waals surface area contributed by atoms with Crippen molar-refractivity contribution in [2.75, 3.05) is 29.5 Å². The number of hydrogen-bond donors (Lipinski definition) is 3. The molecule has 0 saturated heterocycles. The van der Waals surface area contributed by atoms with Gasteiger partial charge in [0.15, 0.2) is 17.7 Å². The molecule has 29 heavy (non-hydrogen) atoms. The second kappa shape index (κ2) is 8.89. The Bertz CT molecular complexity index is 1060. The van der Waals surface area contributed by atoms with E-state index in [4.69, 9.17) is 28.9 Å². The number of benzene rings is 1. The van der Waals surface area contributed by atoms with Crippen molar-refractivity contribution in [3.05, 3.63) is 62.3 Å². The molecule has 0 aliphatic carbocycles. The molecule has 3 aromatic rings. The van der Waals surface area contributed by atoms with Gasteiger partial charge in [-0.25, -0.2) is 9.97 Å². The largest absolute Gasteiger partial charge is 0.390 e. The number of aryl methyl sites for hydroxylation is 1.